The Morgan fingerprint density at radius 1 is 1.67 bits per heavy atom. The number of carbonyl (C=O) groups excluding carboxylic acids is 1. The number of aliphatic imine (C=N–C) groups is 1. The van der Waals surface area contributed by atoms with Crippen molar-refractivity contribution in [3.05, 3.63) is 30.0 Å². The van der Waals surface area contributed by atoms with Crippen molar-refractivity contribution in [1.29, 1.82) is 0 Å². The molecule has 0 unspecified atom stereocenters. The molecule has 0 bridgehead atoms. The monoisotopic (exact) mass is 119 g/mol. The van der Waals surface area contributed by atoms with Crippen LogP contribution in [0.5, 0.6) is 0 Å². The average Bonchev–Trinajstić information content (AvgIpc) is 1.89. The second-order valence-electron chi connectivity index (χ2n) is 1.53. The molecule has 1 heterocycles. The van der Waals surface area contributed by atoms with Crippen LogP contribution in [0.25, 0.3) is 0 Å². The summed E-state index contributed by atoms with van der Waals surface area (Å²) in [5.74, 6) is -0.271. The Morgan fingerprint density at radius 2 is 2.44 bits per heavy atom. The van der Waals surface area contributed by atoms with Gasteiger partial charge in [0, 0.05) is 6.21 Å². The molecular formula is C7H5NO. The normalized spacial score (nSPS) is 16.0. The van der Waals surface area contributed by atoms with Crippen molar-refractivity contribution in [2.24, 2.45) is 4.99 Å². The molecule has 0 saturated heterocycles. The highest BCUT2D eigenvalue weighted by atomic mass is 16.1. The van der Waals surface area contributed by atoms with Crippen LogP contribution in [-0.4, -0.2) is 12.1 Å². The predicted molar refractivity (Wildman–Crippen MR) is 35.3 cm³/mol. The minimum atomic E-state index is -0.271. The molecule has 0 aliphatic carbocycles. The van der Waals surface area contributed by atoms with Gasteiger partial charge in [-0.3, -0.25) is 4.79 Å². The predicted octanol–water partition coefficient (Wildman–Crippen LogP) is 0.865. The SMILES string of the molecule is C=C=C1C=CC=NC1=O. The number of hydrogen-bond acceptors (Lipinski definition) is 1. The number of nitrogens with zero attached hydrogens (tertiary/aromatic N) is 1. The molecule has 0 aromatic carbocycles. The summed E-state index contributed by atoms with van der Waals surface area (Å²) in [4.78, 5) is 14.1. The van der Waals surface area contributed by atoms with Crippen molar-refractivity contribution < 1.29 is 4.79 Å². The lowest BCUT2D eigenvalue weighted by Crippen LogP contribution is -1.98. The van der Waals surface area contributed by atoms with Crippen LogP contribution in [-0.2, 0) is 4.79 Å². The second kappa shape index (κ2) is 2.25. The van der Waals surface area contributed by atoms with E-state index in [4.69, 9.17) is 0 Å². The zero-order valence-corrected chi connectivity index (χ0v) is 4.79. The summed E-state index contributed by atoms with van der Waals surface area (Å²) in [6, 6.07) is 0. The van der Waals surface area contributed by atoms with Gasteiger partial charge in [0.1, 0.15) is 0 Å². The highest BCUT2D eigenvalue weighted by Gasteiger charge is 2.03. The fraction of sp³-hybridized carbons (Fsp3) is 0. The fourth-order valence-corrected chi connectivity index (χ4v) is 0.525. The van der Waals surface area contributed by atoms with E-state index in [1.165, 1.54) is 6.21 Å². The van der Waals surface area contributed by atoms with Gasteiger partial charge in [-0.15, -0.1) is 5.73 Å². The molecule has 1 rings (SSSR count). The third-order valence-electron chi connectivity index (χ3n) is 0.962. The Morgan fingerprint density at radius 3 is 2.89 bits per heavy atom. The van der Waals surface area contributed by atoms with E-state index < -0.39 is 0 Å². The zero-order chi connectivity index (χ0) is 6.69. The maximum Gasteiger partial charge on any atom is 0.284 e. The summed E-state index contributed by atoms with van der Waals surface area (Å²) >= 11 is 0. The van der Waals surface area contributed by atoms with Gasteiger partial charge in [-0.2, -0.15) is 0 Å². The van der Waals surface area contributed by atoms with Crippen LogP contribution in [0.4, 0.5) is 0 Å². The van der Waals surface area contributed by atoms with Crippen LogP contribution in [0.2, 0.25) is 0 Å². The number of rotatable bonds is 0. The molecule has 0 aromatic rings. The third-order valence-corrected chi connectivity index (χ3v) is 0.962. The highest BCUT2D eigenvalue weighted by Crippen LogP contribution is 2.00. The van der Waals surface area contributed by atoms with Crippen LogP contribution in [0.1, 0.15) is 0 Å². The third kappa shape index (κ3) is 1.04. The molecule has 1 aliphatic rings. The van der Waals surface area contributed by atoms with Gasteiger partial charge in [-0.25, -0.2) is 4.99 Å². The summed E-state index contributed by atoms with van der Waals surface area (Å²) < 4.78 is 0. The first-order valence-corrected chi connectivity index (χ1v) is 2.49. The van der Waals surface area contributed by atoms with E-state index in [-0.39, 0.29) is 5.91 Å². The van der Waals surface area contributed by atoms with Gasteiger partial charge in [0.25, 0.3) is 5.91 Å². The number of dihydropyridines is 1. The van der Waals surface area contributed by atoms with Gasteiger partial charge >= 0.3 is 0 Å². The molecule has 1 aliphatic heterocycles. The number of allylic oxidation sites excluding steroid dienone is 1. The lowest BCUT2D eigenvalue weighted by atomic mass is 10.2. The van der Waals surface area contributed by atoms with Gasteiger partial charge in [-0.05, 0) is 12.2 Å². The standard InChI is InChI=1S/C7H5NO/c1-2-6-4-3-5-8-7(6)9/h3-5H,1H2. The van der Waals surface area contributed by atoms with E-state index in [2.05, 4.69) is 17.3 Å². The van der Waals surface area contributed by atoms with Gasteiger partial charge in [0.2, 0.25) is 0 Å². The number of amides is 1. The molecule has 0 N–H and O–H groups in total. The van der Waals surface area contributed by atoms with Crippen LogP contribution in [0, 0.1) is 0 Å². The summed E-state index contributed by atoms with van der Waals surface area (Å²) in [5.41, 5.74) is 2.90. The molecule has 2 nitrogen and oxygen atoms in total. The first-order chi connectivity index (χ1) is 4.34. The fourth-order valence-electron chi connectivity index (χ4n) is 0.525. The summed E-state index contributed by atoms with van der Waals surface area (Å²) in [7, 11) is 0. The lowest BCUT2D eigenvalue weighted by molar-refractivity contribution is -0.114. The Kier molecular flexibility index (Phi) is 1.43. The van der Waals surface area contributed by atoms with Crippen molar-refractivity contribution in [2.75, 3.05) is 0 Å². The molecular weight excluding hydrogens is 114 g/mol. The Bertz CT molecular complexity index is 242. The molecule has 0 saturated carbocycles. The van der Waals surface area contributed by atoms with Crippen molar-refractivity contribution in [3.63, 3.8) is 0 Å². The quantitative estimate of drug-likeness (QED) is 0.343. The Labute approximate surface area is 52.9 Å². The molecule has 0 fully saturated rings. The molecule has 0 spiro atoms. The van der Waals surface area contributed by atoms with Crippen LogP contribution < -0.4 is 0 Å². The van der Waals surface area contributed by atoms with E-state index in [0.717, 1.165) is 0 Å². The first-order valence-electron chi connectivity index (χ1n) is 2.49. The zero-order valence-electron chi connectivity index (χ0n) is 4.79. The maximum absolute atomic E-state index is 10.6. The molecule has 1 amide bonds. The number of hydrogen-bond donors (Lipinski definition) is 0. The Balaban J connectivity index is 3.04. The summed E-state index contributed by atoms with van der Waals surface area (Å²) in [6.07, 6.45) is 4.75. The molecule has 0 aromatic heterocycles. The topological polar surface area (TPSA) is 29.4 Å². The minimum absolute atomic E-state index is 0.271. The van der Waals surface area contributed by atoms with E-state index >= 15 is 0 Å². The van der Waals surface area contributed by atoms with Gasteiger partial charge < -0.3 is 0 Å². The van der Waals surface area contributed by atoms with Gasteiger partial charge in [0.05, 0.1) is 5.57 Å². The van der Waals surface area contributed by atoms with E-state index in [0.29, 0.717) is 5.57 Å². The highest BCUT2D eigenvalue weighted by molar-refractivity contribution is 6.05. The smallest absolute Gasteiger partial charge is 0.266 e. The van der Waals surface area contributed by atoms with E-state index in [1.54, 1.807) is 12.2 Å². The first kappa shape index (κ1) is 5.73. The average molecular weight is 119 g/mol. The van der Waals surface area contributed by atoms with Crippen LogP contribution in [0.3, 0.4) is 0 Å². The van der Waals surface area contributed by atoms with Crippen molar-refractivity contribution in [3.8, 4) is 0 Å². The minimum Gasteiger partial charge on any atom is -0.266 e. The summed E-state index contributed by atoms with van der Waals surface area (Å²) in [6.45, 7) is 3.33. The molecule has 0 atom stereocenters. The van der Waals surface area contributed by atoms with Crippen LogP contribution >= 0.6 is 0 Å². The summed E-state index contributed by atoms with van der Waals surface area (Å²) in [5, 5.41) is 0. The van der Waals surface area contributed by atoms with Crippen molar-refractivity contribution >= 4 is 12.1 Å². The maximum atomic E-state index is 10.6. The van der Waals surface area contributed by atoms with Crippen molar-refractivity contribution in [1.82, 2.24) is 0 Å². The van der Waals surface area contributed by atoms with Crippen LogP contribution in [0.15, 0.2) is 35.0 Å². The number of carbonyl (C=O) groups is 1. The lowest BCUT2D eigenvalue weighted by Gasteiger charge is -1.93. The van der Waals surface area contributed by atoms with Gasteiger partial charge in [-0.1, -0.05) is 6.58 Å². The van der Waals surface area contributed by atoms with Crippen molar-refractivity contribution in [2.45, 2.75) is 0 Å². The van der Waals surface area contributed by atoms with E-state index in [9.17, 15) is 4.79 Å². The molecule has 9 heavy (non-hydrogen) atoms. The second-order valence-corrected chi connectivity index (χ2v) is 1.53. The van der Waals surface area contributed by atoms with Gasteiger partial charge in [0.15, 0.2) is 0 Å². The molecule has 44 valence electrons. The molecule has 2 heteroatoms. The molecule has 0 radical (unpaired) electrons. The van der Waals surface area contributed by atoms with E-state index in [1.807, 2.05) is 0 Å². The Hall–Kier alpha value is -1.40. The largest absolute Gasteiger partial charge is 0.284 e.